The smallest absolute Gasteiger partial charge is 0.158 e. The third-order valence-electron chi connectivity index (χ3n) is 7.37. The minimum absolute atomic E-state index is 0.0603. The zero-order valence-electron chi connectivity index (χ0n) is 27.3. The molecule has 7 heteroatoms. The summed E-state index contributed by atoms with van der Waals surface area (Å²) in [4.78, 5) is 0. The third kappa shape index (κ3) is 16.3. The normalized spacial score (nSPS) is 19.0. The van der Waals surface area contributed by atoms with Gasteiger partial charge in [-0.1, -0.05) is 78.7 Å². The molecule has 4 rings (SSSR count). The molecule has 0 bridgehead atoms. The summed E-state index contributed by atoms with van der Waals surface area (Å²) in [7, 11) is 0. The molecule has 6 nitrogen and oxygen atoms in total. The SMILES string of the molecule is C#Cc1ccc([C@@H](CO)OC2CCCCO2)cc1.C#Cc1ccc([C@@H](COCCCC)OC2CCCCO2)cc1.CCCCBr. The molecule has 2 fully saturated rings. The van der Waals surface area contributed by atoms with E-state index in [2.05, 4.69) is 41.6 Å². The summed E-state index contributed by atoms with van der Waals surface area (Å²) in [5.74, 6) is 5.20. The van der Waals surface area contributed by atoms with Crippen molar-refractivity contribution in [2.75, 3.05) is 38.4 Å². The van der Waals surface area contributed by atoms with Crippen LogP contribution >= 0.6 is 15.9 Å². The lowest BCUT2D eigenvalue weighted by Crippen LogP contribution is -2.26. The Balaban J connectivity index is 0.000000277. The number of alkyl halides is 1. The first-order chi connectivity index (χ1) is 22.1. The van der Waals surface area contributed by atoms with Crippen LogP contribution in [0, 0.1) is 24.7 Å². The Morgan fingerprint density at radius 2 is 1.27 bits per heavy atom. The molecule has 2 aliphatic rings. The van der Waals surface area contributed by atoms with Crippen molar-refractivity contribution in [2.24, 2.45) is 0 Å². The van der Waals surface area contributed by atoms with Gasteiger partial charge in [0.25, 0.3) is 0 Å². The van der Waals surface area contributed by atoms with E-state index in [1.165, 1.54) is 12.8 Å². The van der Waals surface area contributed by atoms with Gasteiger partial charge in [0, 0.05) is 36.3 Å². The molecule has 0 amide bonds. The van der Waals surface area contributed by atoms with Gasteiger partial charge in [0.05, 0.1) is 13.2 Å². The second kappa shape index (κ2) is 25.0. The molecule has 2 aromatic rings. The summed E-state index contributed by atoms with van der Waals surface area (Å²) in [6.45, 7) is 7.12. The molecule has 0 aromatic heterocycles. The van der Waals surface area contributed by atoms with E-state index in [0.29, 0.717) is 6.61 Å². The monoisotopic (exact) mass is 684 g/mol. The van der Waals surface area contributed by atoms with Crippen LogP contribution in [0.1, 0.15) is 113 Å². The molecule has 0 aliphatic carbocycles. The van der Waals surface area contributed by atoms with Crippen molar-refractivity contribution in [2.45, 2.75) is 103 Å². The van der Waals surface area contributed by atoms with E-state index < -0.39 is 0 Å². The minimum Gasteiger partial charge on any atom is -0.393 e. The van der Waals surface area contributed by atoms with E-state index in [9.17, 15) is 5.11 Å². The maximum Gasteiger partial charge on any atom is 0.158 e. The maximum absolute atomic E-state index is 9.42. The predicted molar refractivity (Wildman–Crippen MR) is 185 cm³/mol. The highest BCUT2D eigenvalue weighted by molar-refractivity contribution is 9.09. The largest absolute Gasteiger partial charge is 0.393 e. The molecule has 0 saturated carbocycles. The van der Waals surface area contributed by atoms with E-state index in [-0.39, 0.29) is 31.4 Å². The fraction of sp³-hybridized carbons (Fsp3) is 0.579. The van der Waals surface area contributed by atoms with Gasteiger partial charge in [-0.2, -0.15) is 0 Å². The molecular formula is C38H53BrO6. The molecule has 2 aliphatic heterocycles. The van der Waals surface area contributed by atoms with Crippen molar-refractivity contribution in [3.05, 3.63) is 70.8 Å². The first-order valence-corrected chi connectivity index (χ1v) is 17.6. The first kappa shape index (κ1) is 39.0. The van der Waals surface area contributed by atoms with E-state index in [4.69, 9.17) is 36.5 Å². The van der Waals surface area contributed by atoms with Crippen LogP contribution in [0.25, 0.3) is 0 Å². The molecule has 2 aromatic carbocycles. The van der Waals surface area contributed by atoms with Gasteiger partial charge >= 0.3 is 0 Å². The van der Waals surface area contributed by atoms with Gasteiger partial charge in [-0.15, -0.1) is 12.8 Å². The molecule has 2 unspecified atom stereocenters. The fourth-order valence-corrected chi connectivity index (χ4v) is 5.16. The standard InChI is InChI=1S/C19H26O3.C15H18O3.C4H9Br/c1-3-5-13-20-15-18(22-19-8-6-7-14-21-19)17-11-9-16(4-2)10-12-17;1-2-12-6-8-13(9-7-12)14(11-16)18-15-5-3-4-10-17-15;1-2-3-4-5/h2,9-12,18-19H,3,5-8,13-15H2,1H3;1,6-9,14-16H,3-5,10-11H2;2-4H2,1H3/t18-,19?;14-,15?;/m11./s1. The highest BCUT2D eigenvalue weighted by Gasteiger charge is 2.22. The van der Waals surface area contributed by atoms with Crippen LogP contribution in [0.15, 0.2) is 48.5 Å². The van der Waals surface area contributed by atoms with Gasteiger partial charge < -0.3 is 28.8 Å². The maximum atomic E-state index is 9.42. The number of aliphatic hydroxyl groups is 1. The van der Waals surface area contributed by atoms with Crippen molar-refractivity contribution >= 4 is 15.9 Å². The quantitative estimate of drug-likeness (QED) is 0.122. The van der Waals surface area contributed by atoms with Crippen molar-refractivity contribution < 1.29 is 28.8 Å². The Bertz CT molecular complexity index is 1080. The van der Waals surface area contributed by atoms with Gasteiger partial charge in [-0.3, -0.25) is 0 Å². The predicted octanol–water partition coefficient (Wildman–Crippen LogP) is 8.49. The summed E-state index contributed by atoms with van der Waals surface area (Å²) in [5.41, 5.74) is 3.71. The number of hydrogen-bond donors (Lipinski definition) is 1. The Hall–Kier alpha value is -2.20. The summed E-state index contributed by atoms with van der Waals surface area (Å²) >= 11 is 3.31. The molecular weight excluding hydrogens is 632 g/mol. The number of halogens is 1. The number of rotatable bonds is 14. The minimum atomic E-state index is -0.347. The van der Waals surface area contributed by atoms with Crippen LogP contribution in [0.4, 0.5) is 0 Å². The zero-order valence-corrected chi connectivity index (χ0v) is 28.8. The fourth-order valence-electron chi connectivity index (χ4n) is 4.60. The van der Waals surface area contributed by atoms with Crippen LogP contribution in [0.3, 0.4) is 0 Å². The van der Waals surface area contributed by atoms with Crippen molar-refractivity contribution in [1.82, 2.24) is 0 Å². The number of ether oxygens (including phenoxy) is 5. The number of aliphatic hydroxyl groups excluding tert-OH is 1. The number of unbranched alkanes of at least 4 members (excludes halogenated alkanes) is 2. The molecule has 4 atom stereocenters. The second-order valence-corrected chi connectivity index (χ2v) is 11.8. The van der Waals surface area contributed by atoms with Gasteiger partial charge in [0.15, 0.2) is 12.6 Å². The average Bonchev–Trinajstić information content (AvgIpc) is 3.10. The lowest BCUT2D eigenvalue weighted by molar-refractivity contribution is -0.200. The van der Waals surface area contributed by atoms with Crippen LogP contribution in [0.2, 0.25) is 0 Å². The molecule has 1 N–H and O–H groups in total. The van der Waals surface area contributed by atoms with E-state index in [0.717, 1.165) is 98.8 Å². The van der Waals surface area contributed by atoms with Crippen LogP contribution in [-0.2, 0) is 23.7 Å². The van der Waals surface area contributed by atoms with Gasteiger partial charge in [-0.05, 0) is 86.8 Å². The van der Waals surface area contributed by atoms with Crippen LogP contribution < -0.4 is 0 Å². The molecule has 248 valence electrons. The van der Waals surface area contributed by atoms with Crippen LogP contribution in [0.5, 0.6) is 0 Å². The van der Waals surface area contributed by atoms with Crippen LogP contribution in [-0.4, -0.2) is 56.1 Å². The molecule has 45 heavy (non-hydrogen) atoms. The Kier molecular flexibility index (Phi) is 21.6. The summed E-state index contributed by atoms with van der Waals surface area (Å²) < 4.78 is 28.9. The van der Waals surface area contributed by atoms with Gasteiger partial charge in [0.1, 0.15) is 12.2 Å². The number of terminal acetylenes is 2. The number of hydrogen-bond acceptors (Lipinski definition) is 6. The van der Waals surface area contributed by atoms with E-state index in [1.807, 2.05) is 48.5 Å². The number of benzene rings is 2. The van der Waals surface area contributed by atoms with Gasteiger partial charge in [0.2, 0.25) is 0 Å². The molecule has 2 heterocycles. The topological polar surface area (TPSA) is 66.4 Å². The highest BCUT2D eigenvalue weighted by atomic mass is 79.9. The Morgan fingerprint density at radius 1 is 0.778 bits per heavy atom. The summed E-state index contributed by atoms with van der Waals surface area (Å²) in [5, 5.41) is 10.6. The summed E-state index contributed by atoms with van der Waals surface area (Å²) in [6, 6.07) is 15.4. The molecule has 2 saturated heterocycles. The lowest BCUT2D eigenvalue weighted by Gasteiger charge is -2.28. The highest BCUT2D eigenvalue weighted by Crippen LogP contribution is 2.26. The Morgan fingerprint density at radius 3 is 1.64 bits per heavy atom. The van der Waals surface area contributed by atoms with E-state index in [1.54, 1.807) is 0 Å². The summed E-state index contributed by atoms with van der Waals surface area (Å²) in [6.07, 6.45) is 21.1. The van der Waals surface area contributed by atoms with Crippen molar-refractivity contribution in [3.8, 4) is 24.7 Å². The zero-order chi connectivity index (χ0) is 32.5. The molecule has 0 radical (unpaired) electrons. The lowest BCUT2D eigenvalue weighted by atomic mass is 10.1. The van der Waals surface area contributed by atoms with Gasteiger partial charge in [-0.25, -0.2) is 0 Å². The van der Waals surface area contributed by atoms with Crippen molar-refractivity contribution in [1.29, 1.82) is 0 Å². The average molecular weight is 686 g/mol. The Labute approximate surface area is 280 Å². The third-order valence-corrected chi connectivity index (χ3v) is 7.93. The van der Waals surface area contributed by atoms with Crippen molar-refractivity contribution in [3.63, 3.8) is 0 Å². The first-order valence-electron chi connectivity index (χ1n) is 16.5. The van der Waals surface area contributed by atoms with E-state index >= 15 is 0 Å². The molecule has 0 spiro atoms. The second-order valence-electron chi connectivity index (χ2n) is 11.0.